The van der Waals surface area contributed by atoms with E-state index < -0.39 is 17.9 Å². The predicted octanol–water partition coefficient (Wildman–Crippen LogP) is 1.50. The van der Waals surface area contributed by atoms with Crippen LogP contribution in [0.3, 0.4) is 0 Å². The van der Waals surface area contributed by atoms with E-state index in [-0.39, 0.29) is 30.2 Å². The SMILES string of the molecule is COC(=O)C(Cc1ccc(OCC(=O)Nc2ccc(C)cn2)c(C#N)c1)NC(C)=O. The van der Waals surface area contributed by atoms with Gasteiger partial charge in [-0.1, -0.05) is 12.1 Å². The van der Waals surface area contributed by atoms with Crippen molar-refractivity contribution in [3.8, 4) is 11.8 Å². The molecule has 0 saturated heterocycles. The number of carbonyl (C=O) groups is 3. The molecular weight excluding hydrogens is 388 g/mol. The lowest BCUT2D eigenvalue weighted by molar-refractivity contribution is -0.144. The number of anilines is 1. The fraction of sp³-hybridized carbons (Fsp3) is 0.286. The number of ether oxygens (including phenoxy) is 2. The summed E-state index contributed by atoms with van der Waals surface area (Å²) in [6.45, 7) is 2.88. The van der Waals surface area contributed by atoms with Gasteiger partial charge in [-0.2, -0.15) is 5.26 Å². The highest BCUT2D eigenvalue weighted by molar-refractivity contribution is 5.91. The molecule has 2 aromatic rings. The molecule has 9 heteroatoms. The van der Waals surface area contributed by atoms with Gasteiger partial charge in [0.05, 0.1) is 12.7 Å². The van der Waals surface area contributed by atoms with E-state index in [9.17, 15) is 19.6 Å². The summed E-state index contributed by atoms with van der Waals surface area (Å²) in [5.41, 5.74) is 1.78. The number of hydrogen-bond donors (Lipinski definition) is 2. The van der Waals surface area contributed by atoms with Crippen molar-refractivity contribution < 1.29 is 23.9 Å². The quantitative estimate of drug-likeness (QED) is 0.631. The normalized spacial score (nSPS) is 11.0. The topological polar surface area (TPSA) is 130 Å². The number of nitrogens with one attached hydrogen (secondary N) is 2. The zero-order valence-electron chi connectivity index (χ0n) is 16.9. The molecule has 1 heterocycles. The summed E-state index contributed by atoms with van der Waals surface area (Å²) < 4.78 is 10.1. The van der Waals surface area contributed by atoms with Gasteiger partial charge in [0.1, 0.15) is 23.7 Å². The first-order valence-corrected chi connectivity index (χ1v) is 9.05. The number of aromatic nitrogens is 1. The van der Waals surface area contributed by atoms with E-state index >= 15 is 0 Å². The van der Waals surface area contributed by atoms with E-state index in [1.165, 1.54) is 26.2 Å². The van der Waals surface area contributed by atoms with Crippen molar-refractivity contribution in [1.29, 1.82) is 5.26 Å². The molecule has 2 amide bonds. The largest absolute Gasteiger partial charge is 0.482 e. The molecule has 0 fully saturated rings. The molecule has 0 radical (unpaired) electrons. The smallest absolute Gasteiger partial charge is 0.328 e. The number of carbonyl (C=O) groups excluding carboxylic acids is 3. The molecule has 0 spiro atoms. The molecule has 0 aliphatic heterocycles. The van der Waals surface area contributed by atoms with Gasteiger partial charge in [-0.25, -0.2) is 9.78 Å². The highest BCUT2D eigenvalue weighted by Gasteiger charge is 2.21. The minimum Gasteiger partial charge on any atom is -0.482 e. The van der Waals surface area contributed by atoms with Crippen LogP contribution in [0.25, 0.3) is 0 Å². The standard InChI is InChI=1S/C21H22N4O5/c1-13-4-7-19(23-11-13)25-20(27)12-30-18-6-5-15(8-16(18)10-22)9-17(21(28)29-3)24-14(2)26/h4-8,11,17H,9,12H2,1-3H3,(H,24,26)(H,23,25,27). The number of hydrogen-bond acceptors (Lipinski definition) is 7. The third-order valence-corrected chi connectivity index (χ3v) is 4.01. The molecular formula is C21H22N4O5. The number of benzene rings is 1. The number of nitriles is 1. The maximum Gasteiger partial charge on any atom is 0.328 e. The zero-order chi connectivity index (χ0) is 22.1. The Bertz CT molecular complexity index is 966. The predicted molar refractivity (Wildman–Crippen MR) is 108 cm³/mol. The van der Waals surface area contributed by atoms with Gasteiger partial charge in [0, 0.05) is 19.5 Å². The number of nitrogens with zero attached hydrogens (tertiary/aromatic N) is 2. The molecule has 156 valence electrons. The summed E-state index contributed by atoms with van der Waals surface area (Å²) in [4.78, 5) is 39.3. The summed E-state index contributed by atoms with van der Waals surface area (Å²) in [5, 5.41) is 14.5. The van der Waals surface area contributed by atoms with Crippen LogP contribution in [-0.4, -0.2) is 42.5 Å². The van der Waals surface area contributed by atoms with Crippen LogP contribution in [-0.2, 0) is 25.5 Å². The van der Waals surface area contributed by atoms with Crippen LogP contribution in [0, 0.1) is 18.3 Å². The Balaban J connectivity index is 2.03. The van der Waals surface area contributed by atoms with Gasteiger partial charge in [-0.05, 0) is 36.2 Å². The molecule has 1 aromatic heterocycles. The second-order valence-electron chi connectivity index (χ2n) is 6.48. The second kappa shape index (κ2) is 10.6. The Morgan fingerprint density at radius 3 is 2.60 bits per heavy atom. The van der Waals surface area contributed by atoms with Gasteiger partial charge in [0.2, 0.25) is 5.91 Å². The molecule has 2 rings (SSSR count). The Labute approximate surface area is 174 Å². The third kappa shape index (κ3) is 6.60. The molecule has 30 heavy (non-hydrogen) atoms. The Hall–Kier alpha value is -3.93. The number of rotatable bonds is 8. The molecule has 0 bridgehead atoms. The average Bonchev–Trinajstić information content (AvgIpc) is 2.72. The van der Waals surface area contributed by atoms with Crippen LogP contribution < -0.4 is 15.4 Å². The molecule has 1 atom stereocenters. The Morgan fingerprint density at radius 1 is 1.23 bits per heavy atom. The summed E-state index contributed by atoms with van der Waals surface area (Å²) in [5.74, 6) is -0.764. The van der Waals surface area contributed by atoms with Crippen LogP contribution in [0.1, 0.15) is 23.6 Å². The Morgan fingerprint density at radius 2 is 2.00 bits per heavy atom. The van der Waals surface area contributed by atoms with E-state index in [1.807, 2.05) is 19.1 Å². The minimum absolute atomic E-state index is 0.140. The number of amides is 2. The second-order valence-corrected chi connectivity index (χ2v) is 6.48. The van der Waals surface area contributed by atoms with Crippen molar-refractivity contribution in [3.63, 3.8) is 0 Å². The molecule has 0 aliphatic carbocycles. The average molecular weight is 410 g/mol. The molecule has 1 unspecified atom stereocenters. The minimum atomic E-state index is -0.876. The van der Waals surface area contributed by atoms with Crippen molar-refractivity contribution >= 4 is 23.6 Å². The fourth-order valence-electron chi connectivity index (χ4n) is 2.60. The van der Waals surface area contributed by atoms with Crippen molar-refractivity contribution in [3.05, 3.63) is 53.2 Å². The summed E-state index contributed by atoms with van der Waals surface area (Å²) in [6.07, 6.45) is 1.77. The molecule has 0 aliphatic rings. The van der Waals surface area contributed by atoms with Crippen LogP contribution in [0.5, 0.6) is 5.75 Å². The van der Waals surface area contributed by atoms with Gasteiger partial charge >= 0.3 is 5.97 Å². The van der Waals surface area contributed by atoms with Gasteiger partial charge in [0.15, 0.2) is 6.61 Å². The van der Waals surface area contributed by atoms with Crippen molar-refractivity contribution in [2.24, 2.45) is 0 Å². The number of aryl methyl sites for hydroxylation is 1. The molecule has 1 aromatic carbocycles. The van der Waals surface area contributed by atoms with Gasteiger partial charge in [0.25, 0.3) is 5.91 Å². The monoisotopic (exact) mass is 410 g/mol. The Kier molecular flexibility index (Phi) is 7.88. The van der Waals surface area contributed by atoms with Crippen LogP contribution in [0.15, 0.2) is 36.5 Å². The van der Waals surface area contributed by atoms with Crippen molar-refractivity contribution in [1.82, 2.24) is 10.3 Å². The van der Waals surface area contributed by atoms with E-state index in [4.69, 9.17) is 9.47 Å². The lowest BCUT2D eigenvalue weighted by Gasteiger charge is -2.16. The van der Waals surface area contributed by atoms with Gasteiger partial charge < -0.3 is 20.1 Å². The lowest BCUT2D eigenvalue weighted by Crippen LogP contribution is -2.42. The maximum atomic E-state index is 12.0. The van der Waals surface area contributed by atoms with Crippen LogP contribution in [0.2, 0.25) is 0 Å². The van der Waals surface area contributed by atoms with Crippen LogP contribution >= 0.6 is 0 Å². The lowest BCUT2D eigenvalue weighted by atomic mass is 10.0. The summed E-state index contributed by atoms with van der Waals surface area (Å²) in [6, 6.07) is 9.33. The van der Waals surface area contributed by atoms with Gasteiger partial charge in [-0.15, -0.1) is 0 Å². The first kappa shape index (κ1) is 22.4. The third-order valence-electron chi connectivity index (χ3n) is 4.01. The zero-order valence-corrected chi connectivity index (χ0v) is 16.9. The van der Waals surface area contributed by atoms with E-state index in [1.54, 1.807) is 18.3 Å². The summed E-state index contributed by atoms with van der Waals surface area (Å²) >= 11 is 0. The number of methoxy groups -OCH3 is 1. The number of esters is 1. The fourth-order valence-corrected chi connectivity index (χ4v) is 2.60. The first-order valence-electron chi connectivity index (χ1n) is 9.05. The highest BCUT2D eigenvalue weighted by Crippen LogP contribution is 2.20. The van der Waals surface area contributed by atoms with E-state index in [0.29, 0.717) is 11.4 Å². The molecule has 0 saturated carbocycles. The van der Waals surface area contributed by atoms with Gasteiger partial charge in [-0.3, -0.25) is 9.59 Å². The molecule has 9 nitrogen and oxygen atoms in total. The highest BCUT2D eigenvalue weighted by atomic mass is 16.5. The first-order chi connectivity index (χ1) is 14.3. The van der Waals surface area contributed by atoms with Crippen molar-refractivity contribution in [2.45, 2.75) is 26.3 Å². The summed E-state index contributed by atoms with van der Waals surface area (Å²) in [7, 11) is 1.23. The van der Waals surface area contributed by atoms with E-state index in [2.05, 4.69) is 15.6 Å². The molecule has 2 N–H and O–H groups in total. The maximum absolute atomic E-state index is 12.0. The van der Waals surface area contributed by atoms with Crippen molar-refractivity contribution in [2.75, 3.05) is 19.0 Å². The van der Waals surface area contributed by atoms with Crippen LogP contribution in [0.4, 0.5) is 5.82 Å². The number of pyridine rings is 1. The van der Waals surface area contributed by atoms with E-state index in [0.717, 1.165) is 5.56 Å².